The van der Waals surface area contributed by atoms with Gasteiger partial charge in [-0.2, -0.15) is 0 Å². The van der Waals surface area contributed by atoms with Crippen LogP contribution in [0.3, 0.4) is 0 Å². The maximum absolute atomic E-state index is 13.0. The van der Waals surface area contributed by atoms with Gasteiger partial charge in [-0.3, -0.25) is 0 Å². The van der Waals surface area contributed by atoms with E-state index in [4.69, 9.17) is 4.52 Å². The van der Waals surface area contributed by atoms with E-state index in [0.29, 0.717) is 6.16 Å². The van der Waals surface area contributed by atoms with Crippen LogP contribution in [-0.2, 0) is 15.5 Å². The van der Waals surface area contributed by atoms with Crippen molar-refractivity contribution in [2.45, 2.75) is 40.8 Å². The summed E-state index contributed by atoms with van der Waals surface area (Å²) < 4.78 is 6.83. The van der Waals surface area contributed by atoms with E-state index in [0.717, 1.165) is 21.5 Å². The summed E-state index contributed by atoms with van der Waals surface area (Å²) in [6.45, 7) is 6.14. The molecule has 4 aromatic rings. The summed E-state index contributed by atoms with van der Waals surface area (Å²) in [5.74, 6) is -0.272. The SMILES string of the molecule is CC(=O)OP(Cc1ccc(C)cc1)(c1ccc(C)cc1)(c1ccc(C)cc1)c1ccc(C)cc1. The molecule has 174 valence electrons. The number of rotatable bonds is 6. The van der Waals surface area contributed by atoms with E-state index in [1.807, 2.05) is 0 Å². The van der Waals surface area contributed by atoms with E-state index >= 15 is 0 Å². The Bertz CT molecular complexity index is 1170. The van der Waals surface area contributed by atoms with Crippen LogP contribution in [-0.4, -0.2) is 5.97 Å². The maximum atomic E-state index is 13.0. The molecule has 0 atom stereocenters. The molecular weight excluding hydrogens is 435 g/mol. The minimum atomic E-state index is -3.74. The van der Waals surface area contributed by atoms with Gasteiger partial charge >= 0.3 is 204 Å². The second-order valence-electron chi connectivity index (χ2n) is 9.45. The molecule has 0 aliphatic rings. The fourth-order valence-electron chi connectivity index (χ4n) is 4.82. The molecule has 34 heavy (non-hydrogen) atoms. The molecule has 0 aromatic heterocycles. The monoisotopic (exact) mass is 468 g/mol. The first-order valence-corrected chi connectivity index (χ1v) is 14.1. The second kappa shape index (κ2) is 9.20. The Hall–Kier alpha value is -3.22. The van der Waals surface area contributed by atoms with Gasteiger partial charge in [0.25, 0.3) is 0 Å². The third-order valence-corrected chi connectivity index (χ3v) is 12.5. The van der Waals surface area contributed by atoms with Crippen molar-refractivity contribution in [1.82, 2.24) is 0 Å². The van der Waals surface area contributed by atoms with Crippen LogP contribution in [0.2, 0.25) is 0 Å². The molecule has 0 fully saturated rings. The van der Waals surface area contributed by atoms with Gasteiger partial charge in [0.05, 0.1) is 0 Å². The summed E-state index contributed by atoms with van der Waals surface area (Å²) in [5.41, 5.74) is 5.87. The molecule has 0 aliphatic carbocycles. The van der Waals surface area contributed by atoms with Crippen LogP contribution in [0.4, 0.5) is 0 Å². The number of hydrogen-bond acceptors (Lipinski definition) is 2. The van der Waals surface area contributed by atoms with Crippen molar-refractivity contribution in [3.8, 4) is 0 Å². The van der Waals surface area contributed by atoms with Crippen molar-refractivity contribution in [3.63, 3.8) is 0 Å². The average molecular weight is 469 g/mol. The van der Waals surface area contributed by atoms with Gasteiger partial charge in [-0.25, -0.2) is 0 Å². The van der Waals surface area contributed by atoms with Crippen LogP contribution in [0.5, 0.6) is 0 Å². The van der Waals surface area contributed by atoms with E-state index < -0.39 is 6.83 Å². The predicted octanol–water partition coefficient (Wildman–Crippen LogP) is 6.43. The molecule has 0 saturated carbocycles. The first-order valence-electron chi connectivity index (χ1n) is 11.7. The van der Waals surface area contributed by atoms with Crippen LogP contribution in [0.15, 0.2) is 97.1 Å². The van der Waals surface area contributed by atoms with Gasteiger partial charge in [0.15, 0.2) is 0 Å². The van der Waals surface area contributed by atoms with Crippen LogP contribution in [0.1, 0.15) is 34.7 Å². The summed E-state index contributed by atoms with van der Waals surface area (Å²) in [7, 11) is 0. The topological polar surface area (TPSA) is 26.3 Å². The summed E-state index contributed by atoms with van der Waals surface area (Å²) in [6, 6.07) is 34.3. The summed E-state index contributed by atoms with van der Waals surface area (Å²) in [5, 5.41) is 3.17. The van der Waals surface area contributed by atoms with Crippen LogP contribution in [0, 0.1) is 27.7 Å². The van der Waals surface area contributed by atoms with Crippen molar-refractivity contribution >= 4 is 28.7 Å². The van der Waals surface area contributed by atoms with Gasteiger partial charge in [0.1, 0.15) is 0 Å². The zero-order valence-corrected chi connectivity index (χ0v) is 21.6. The fraction of sp³-hybridized carbons (Fsp3) is 0.194. The Morgan fingerprint density at radius 2 is 0.853 bits per heavy atom. The second-order valence-corrected chi connectivity index (χ2v) is 13.9. The van der Waals surface area contributed by atoms with E-state index in [2.05, 4.69) is 125 Å². The fourth-order valence-corrected chi connectivity index (χ4v) is 10.5. The normalized spacial score (nSPS) is 12.6. The van der Waals surface area contributed by atoms with Crippen molar-refractivity contribution in [3.05, 3.63) is 125 Å². The average Bonchev–Trinajstić information content (AvgIpc) is 2.81. The number of carbonyl (C=O) groups is 1. The van der Waals surface area contributed by atoms with E-state index in [9.17, 15) is 4.79 Å². The predicted molar refractivity (Wildman–Crippen MR) is 146 cm³/mol. The molecule has 0 N–H and O–H groups in total. The number of aryl methyl sites for hydroxylation is 4. The molecule has 4 rings (SSSR count). The summed E-state index contributed by atoms with van der Waals surface area (Å²) in [6.07, 6.45) is 0.598. The number of hydrogen-bond donors (Lipinski definition) is 0. The quantitative estimate of drug-likeness (QED) is 0.305. The Kier molecular flexibility index (Phi) is 6.47. The molecule has 0 saturated heterocycles. The van der Waals surface area contributed by atoms with Crippen LogP contribution < -0.4 is 15.9 Å². The number of benzene rings is 4. The van der Waals surface area contributed by atoms with Gasteiger partial charge in [-0.15, -0.1) is 0 Å². The Morgan fingerprint density at radius 1 is 0.559 bits per heavy atom. The molecule has 0 bridgehead atoms. The molecule has 0 spiro atoms. The summed E-state index contributed by atoms with van der Waals surface area (Å²) in [4.78, 5) is 13.0. The van der Waals surface area contributed by atoms with Crippen LogP contribution in [0.25, 0.3) is 0 Å². The number of carbonyl (C=O) groups excluding carboxylic acids is 1. The molecule has 0 amide bonds. The molecule has 3 heteroatoms. The van der Waals surface area contributed by atoms with E-state index in [1.165, 1.54) is 29.2 Å². The van der Waals surface area contributed by atoms with Gasteiger partial charge in [0, 0.05) is 0 Å². The van der Waals surface area contributed by atoms with Gasteiger partial charge < -0.3 is 0 Å². The minimum absolute atomic E-state index is 0.272. The summed E-state index contributed by atoms with van der Waals surface area (Å²) >= 11 is 0. The molecule has 0 aliphatic heterocycles. The first-order chi connectivity index (χ1) is 16.2. The van der Waals surface area contributed by atoms with Crippen molar-refractivity contribution in [2.24, 2.45) is 0 Å². The molecule has 0 radical (unpaired) electrons. The zero-order valence-electron chi connectivity index (χ0n) is 20.7. The molecular formula is C31H33O2P. The third kappa shape index (κ3) is 4.19. The van der Waals surface area contributed by atoms with Crippen molar-refractivity contribution in [2.75, 3.05) is 0 Å². The van der Waals surface area contributed by atoms with Crippen molar-refractivity contribution < 1.29 is 9.32 Å². The standard InChI is InChI=1S/C31H33O2P/c1-23-6-14-28(15-7-23)22-34(33-27(5)32,29-16-8-24(2)9-17-29,30-18-10-25(3)11-19-30)31-20-12-26(4)13-21-31/h6-21H,22H2,1-5H3. The van der Waals surface area contributed by atoms with Gasteiger partial charge in [-0.1, -0.05) is 0 Å². The Labute approximate surface area is 203 Å². The van der Waals surface area contributed by atoms with Gasteiger partial charge in [-0.05, 0) is 0 Å². The van der Waals surface area contributed by atoms with E-state index in [-0.39, 0.29) is 5.97 Å². The van der Waals surface area contributed by atoms with E-state index in [1.54, 1.807) is 0 Å². The molecule has 4 aromatic carbocycles. The third-order valence-electron chi connectivity index (χ3n) is 6.68. The molecule has 2 nitrogen and oxygen atoms in total. The van der Waals surface area contributed by atoms with Crippen LogP contribution >= 0.6 is 6.83 Å². The first kappa shape index (κ1) is 23.9. The van der Waals surface area contributed by atoms with Gasteiger partial charge in [0.2, 0.25) is 0 Å². The Balaban J connectivity index is 2.19. The van der Waals surface area contributed by atoms with Crippen molar-refractivity contribution in [1.29, 1.82) is 0 Å². The molecule has 0 heterocycles. The Morgan fingerprint density at radius 3 is 1.15 bits per heavy atom. The molecule has 0 unspecified atom stereocenters. The zero-order chi connectivity index (χ0) is 24.4.